The number of nitrogens with two attached hydrogens (primary N) is 1. The molecule has 0 aliphatic heterocycles. The third kappa shape index (κ3) is 4.23. The summed E-state index contributed by atoms with van der Waals surface area (Å²) in [6.07, 6.45) is 4.88. The normalized spacial score (nSPS) is 10.3. The monoisotopic (exact) mass is 233 g/mol. The molecule has 0 radical (unpaired) electrons. The molecule has 1 aromatic carbocycles. The minimum Gasteiger partial charge on any atom is -0.493 e. The van der Waals surface area contributed by atoms with Crippen molar-refractivity contribution in [1.82, 2.24) is 0 Å². The Morgan fingerprint density at radius 3 is 2.47 bits per heavy atom. The maximum Gasteiger partial charge on any atom is 0.125 e. The predicted octanol–water partition coefficient (Wildman–Crippen LogP) is 3.15. The van der Waals surface area contributed by atoms with Crippen molar-refractivity contribution in [2.45, 2.75) is 33.1 Å². The van der Waals surface area contributed by atoms with Gasteiger partial charge in [-0.3, -0.25) is 0 Å². The van der Waals surface area contributed by atoms with E-state index < -0.39 is 0 Å². The second-order valence-corrected chi connectivity index (χ2v) is 4.38. The molecule has 0 amide bonds. The fraction of sp³-hybridized carbons (Fsp3) is 0.467. The Kier molecular flexibility index (Phi) is 5.78. The molecule has 0 aliphatic carbocycles. The molecule has 0 unspecified atom stereocenters. The highest BCUT2D eigenvalue weighted by molar-refractivity contribution is 5.43. The summed E-state index contributed by atoms with van der Waals surface area (Å²) in [4.78, 5) is 0. The number of ether oxygens (including phenoxy) is 1. The highest BCUT2D eigenvalue weighted by Gasteiger charge is 2.05. The van der Waals surface area contributed by atoms with Crippen molar-refractivity contribution < 1.29 is 4.74 Å². The van der Waals surface area contributed by atoms with Crippen molar-refractivity contribution in [2.24, 2.45) is 5.73 Å². The summed E-state index contributed by atoms with van der Waals surface area (Å²) in [6, 6.07) is 4.34. The van der Waals surface area contributed by atoms with Crippen LogP contribution in [0.25, 0.3) is 0 Å². The van der Waals surface area contributed by atoms with Crippen LogP contribution in [-0.2, 0) is 6.42 Å². The Morgan fingerprint density at radius 2 is 1.94 bits per heavy atom. The molecule has 0 atom stereocenters. The molecule has 2 heteroatoms. The highest BCUT2D eigenvalue weighted by Crippen LogP contribution is 2.25. The van der Waals surface area contributed by atoms with Crippen molar-refractivity contribution >= 4 is 0 Å². The van der Waals surface area contributed by atoms with E-state index in [-0.39, 0.29) is 0 Å². The second-order valence-electron chi connectivity index (χ2n) is 4.38. The zero-order chi connectivity index (χ0) is 12.7. The van der Waals surface area contributed by atoms with Crippen LogP contribution < -0.4 is 10.5 Å². The SMILES string of the molecule is C=CCCCOc1c(C)cc(CCN)cc1C. The molecule has 94 valence electrons. The van der Waals surface area contributed by atoms with Crippen LogP contribution in [0.4, 0.5) is 0 Å². The minimum absolute atomic E-state index is 0.693. The average Bonchev–Trinajstić information content (AvgIpc) is 2.27. The van der Waals surface area contributed by atoms with Gasteiger partial charge in [-0.15, -0.1) is 6.58 Å². The lowest BCUT2D eigenvalue weighted by molar-refractivity contribution is 0.308. The number of unbranched alkanes of at least 4 members (excludes halogenated alkanes) is 1. The van der Waals surface area contributed by atoms with E-state index in [0.29, 0.717) is 6.54 Å². The quantitative estimate of drug-likeness (QED) is 0.580. The lowest BCUT2D eigenvalue weighted by Crippen LogP contribution is -2.05. The summed E-state index contributed by atoms with van der Waals surface area (Å²) >= 11 is 0. The summed E-state index contributed by atoms with van der Waals surface area (Å²) in [6.45, 7) is 9.34. The van der Waals surface area contributed by atoms with E-state index in [1.807, 2.05) is 6.08 Å². The maximum atomic E-state index is 5.82. The van der Waals surface area contributed by atoms with Crippen molar-refractivity contribution in [3.63, 3.8) is 0 Å². The Labute approximate surface area is 104 Å². The maximum absolute atomic E-state index is 5.82. The predicted molar refractivity (Wildman–Crippen MR) is 73.6 cm³/mol. The fourth-order valence-corrected chi connectivity index (χ4v) is 1.98. The van der Waals surface area contributed by atoms with Gasteiger partial charge in [0.2, 0.25) is 0 Å². The Hall–Kier alpha value is -1.28. The standard InChI is InChI=1S/C15H23NO/c1-4-5-6-9-17-15-12(2)10-14(7-8-16)11-13(15)3/h4,10-11H,1,5-9,16H2,2-3H3. The number of allylic oxidation sites excluding steroid dienone is 1. The summed E-state index contributed by atoms with van der Waals surface area (Å²) in [5, 5.41) is 0. The molecule has 0 heterocycles. The molecule has 2 nitrogen and oxygen atoms in total. The van der Waals surface area contributed by atoms with Crippen LogP contribution in [0.1, 0.15) is 29.5 Å². The van der Waals surface area contributed by atoms with E-state index in [0.717, 1.165) is 31.6 Å². The summed E-state index contributed by atoms with van der Waals surface area (Å²) in [5.41, 5.74) is 9.27. The number of benzene rings is 1. The average molecular weight is 233 g/mol. The molecule has 0 aliphatic rings. The van der Waals surface area contributed by atoms with E-state index in [1.54, 1.807) is 0 Å². The van der Waals surface area contributed by atoms with Gasteiger partial charge in [-0.2, -0.15) is 0 Å². The van der Waals surface area contributed by atoms with Gasteiger partial charge in [0, 0.05) is 0 Å². The zero-order valence-corrected chi connectivity index (χ0v) is 11.0. The Morgan fingerprint density at radius 1 is 1.29 bits per heavy atom. The molecule has 2 N–H and O–H groups in total. The van der Waals surface area contributed by atoms with Gasteiger partial charge in [-0.25, -0.2) is 0 Å². The zero-order valence-electron chi connectivity index (χ0n) is 11.0. The van der Waals surface area contributed by atoms with Crippen LogP contribution in [-0.4, -0.2) is 13.2 Å². The van der Waals surface area contributed by atoms with Crippen molar-refractivity contribution in [3.8, 4) is 5.75 Å². The van der Waals surface area contributed by atoms with Gasteiger partial charge in [0.05, 0.1) is 6.61 Å². The van der Waals surface area contributed by atoms with Crippen LogP contribution in [0, 0.1) is 13.8 Å². The number of hydrogen-bond donors (Lipinski definition) is 1. The number of hydrogen-bond acceptors (Lipinski definition) is 2. The molecule has 0 aromatic heterocycles. The highest BCUT2D eigenvalue weighted by atomic mass is 16.5. The third-order valence-electron chi connectivity index (χ3n) is 2.75. The van der Waals surface area contributed by atoms with E-state index in [1.165, 1.54) is 16.7 Å². The molecule has 0 spiro atoms. The van der Waals surface area contributed by atoms with Crippen molar-refractivity contribution in [3.05, 3.63) is 41.5 Å². The van der Waals surface area contributed by atoms with E-state index in [9.17, 15) is 0 Å². The molecule has 17 heavy (non-hydrogen) atoms. The first kappa shape index (κ1) is 13.8. The van der Waals surface area contributed by atoms with Crippen LogP contribution in [0.3, 0.4) is 0 Å². The number of rotatable bonds is 7. The van der Waals surface area contributed by atoms with E-state index in [4.69, 9.17) is 10.5 Å². The Balaban J connectivity index is 2.68. The van der Waals surface area contributed by atoms with Gasteiger partial charge < -0.3 is 10.5 Å². The minimum atomic E-state index is 0.693. The third-order valence-corrected chi connectivity index (χ3v) is 2.75. The van der Waals surface area contributed by atoms with Crippen molar-refractivity contribution in [2.75, 3.05) is 13.2 Å². The Bertz CT molecular complexity index is 348. The lowest BCUT2D eigenvalue weighted by Gasteiger charge is -2.13. The molecule has 0 bridgehead atoms. The largest absolute Gasteiger partial charge is 0.493 e. The molecule has 1 rings (SSSR count). The fourth-order valence-electron chi connectivity index (χ4n) is 1.98. The molecule has 0 saturated carbocycles. The van der Waals surface area contributed by atoms with Gasteiger partial charge in [0.25, 0.3) is 0 Å². The molecular formula is C15H23NO. The summed E-state index contributed by atoms with van der Waals surface area (Å²) in [5.74, 6) is 1.02. The first-order chi connectivity index (χ1) is 8.19. The molecule has 0 fully saturated rings. The van der Waals surface area contributed by atoms with Gasteiger partial charge >= 0.3 is 0 Å². The lowest BCUT2D eigenvalue weighted by atomic mass is 10.0. The second kappa shape index (κ2) is 7.13. The van der Waals surface area contributed by atoms with Crippen LogP contribution in [0.15, 0.2) is 24.8 Å². The summed E-state index contributed by atoms with van der Waals surface area (Å²) < 4.78 is 5.82. The molecule has 1 aromatic rings. The first-order valence-electron chi connectivity index (χ1n) is 6.23. The molecule has 0 saturated heterocycles. The van der Waals surface area contributed by atoms with Gasteiger partial charge in [0.1, 0.15) is 5.75 Å². The van der Waals surface area contributed by atoms with Gasteiger partial charge in [-0.1, -0.05) is 18.2 Å². The van der Waals surface area contributed by atoms with E-state index >= 15 is 0 Å². The van der Waals surface area contributed by atoms with Crippen molar-refractivity contribution in [1.29, 1.82) is 0 Å². The topological polar surface area (TPSA) is 35.2 Å². The number of aryl methyl sites for hydroxylation is 2. The van der Waals surface area contributed by atoms with Crippen LogP contribution in [0.2, 0.25) is 0 Å². The first-order valence-corrected chi connectivity index (χ1v) is 6.23. The van der Waals surface area contributed by atoms with Crippen LogP contribution >= 0.6 is 0 Å². The van der Waals surface area contributed by atoms with Gasteiger partial charge in [-0.05, 0) is 56.3 Å². The van der Waals surface area contributed by atoms with E-state index in [2.05, 4.69) is 32.6 Å². The van der Waals surface area contributed by atoms with Crippen LogP contribution in [0.5, 0.6) is 5.75 Å². The van der Waals surface area contributed by atoms with Gasteiger partial charge in [0.15, 0.2) is 0 Å². The summed E-state index contributed by atoms with van der Waals surface area (Å²) in [7, 11) is 0. The smallest absolute Gasteiger partial charge is 0.125 e. The molecular weight excluding hydrogens is 210 g/mol.